The summed E-state index contributed by atoms with van der Waals surface area (Å²) < 4.78 is 0. The number of allylic oxidation sites excluding steroid dienone is 1. The summed E-state index contributed by atoms with van der Waals surface area (Å²) >= 11 is 0. The van der Waals surface area contributed by atoms with Crippen LogP contribution in [0.3, 0.4) is 0 Å². The molecule has 0 aromatic rings. The molecule has 0 radical (unpaired) electrons. The van der Waals surface area contributed by atoms with E-state index in [9.17, 15) is 10.2 Å². The van der Waals surface area contributed by atoms with Crippen LogP contribution in [0.25, 0.3) is 0 Å². The van der Waals surface area contributed by atoms with Crippen LogP contribution < -0.4 is 0 Å². The van der Waals surface area contributed by atoms with Crippen molar-refractivity contribution in [1.29, 1.82) is 0 Å². The fourth-order valence-electron chi connectivity index (χ4n) is 10.6. The predicted octanol–water partition coefficient (Wildman–Crippen LogP) is 7.14. The van der Waals surface area contributed by atoms with Gasteiger partial charge in [-0.05, 0) is 102 Å². The quantitative estimate of drug-likeness (QED) is 0.391. The van der Waals surface area contributed by atoms with Crippen molar-refractivity contribution < 1.29 is 10.2 Å². The molecule has 0 amide bonds. The SMILES string of the molecule is CC1(C)CC[C@]2(C)CC[C@]3(C)C(=CC(O)[C@@H]4[C@@]5(C)CCC(O)C(C)(C)[C@@H]5CC[C@]43C)[C@@H]2C1. The number of aliphatic hydroxyl groups is 2. The van der Waals surface area contributed by atoms with E-state index in [2.05, 4.69) is 61.5 Å². The Balaban J connectivity index is 1.62. The first-order valence-electron chi connectivity index (χ1n) is 13.7. The van der Waals surface area contributed by atoms with Crippen molar-refractivity contribution in [2.24, 2.45) is 50.2 Å². The number of aliphatic hydroxyl groups excluding tert-OH is 2. The Morgan fingerprint density at radius 3 is 2.12 bits per heavy atom. The van der Waals surface area contributed by atoms with Gasteiger partial charge in [-0.2, -0.15) is 0 Å². The molecule has 4 fully saturated rings. The summed E-state index contributed by atoms with van der Waals surface area (Å²) in [5.74, 6) is 1.38. The summed E-state index contributed by atoms with van der Waals surface area (Å²) in [4.78, 5) is 0. The molecule has 2 nitrogen and oxygen atoms in total. The van der Waals surface area contributed by atoms with Crippen LogP contribution in [-0.4, -0.2) is 22.4 Å². The van der Waals surface area contributed by atoms with Gasteiger partial charge >= 0.3 is 0 Å². The molecular weight excluding hydrogens is 392 g/mol. The number of hydrogen-bond donors (Lipinski definition) is 2. The Labute approximate surface area is 197 Å². The Hall–Kier alpha value is -0.340. The van der Waals surface area contributed by atoms with E-state index in [0.717, 1.165) is 12.8 Å². The van der Waals surface area contributed by atoms with Crippen LogP contribution in [0.1, 0.15) is 113 Å². The Morgan fingerprint density at radius 2 is 1.44 bits per heavy atom. The van der Waals surface area contributed by atoms with E-state index in [0.29, 0.717) is 22.7 Å². The van der Waals surface area contributed by atoms with Gasteiger partial charge in [-0.25, -0.2) is 0 Å². The van der Waals surface area contributed by atoms with E-state index in [1.54, 1.807) is 5.57 Å². The molecule has 182 valence electrons. The van der Waals surface area contributed by atoms with E-state index in [-0.39, 0.29) is 39.8 Å². The highest BCUT2D eigenvalue weighted by atomic mass is 16.3. The van der Waals surface area contributed by atoms with Gasteiger partial charge in [-0.1, -0.05) is 67.0 Å². The minimum atomic E-state index is -0.352. The summed E-state index contributed by atoms with van der Waals surface area (Å²) in [6.45, 7) is 19.7. The lowest BCUT2D eigenvalue weighted by Gasteiger charge is -2.72. The fourth-order valence-corrected chi connectivity index (χ4v) is 10.6. The summed E-state index contributed by atoms with van der Waals surface area (Å²) in [6, 6.07) is 0. The summed E-state index contributed by atoms with van der Waals surface area (Å²) in [5, 5.41) is 22.8. The van der Waals surface area contributed by atoms with Gasteiger partial charge in [0.2, 0.25) is 0 Å². The molecule has 5 rings (SSSR count). The van der Waals surface area contributed by atoms with Crippen molar-refractivity contribution in [1.82, 2.24) is 0 Å². The van der Waals surface area contributed by atoms with Gasteiger partial charge in [0.25, 0.3) is 0 Å². The molecule has 2 heteroatoms. The highest BCUT2D eigenvalue weighted by Gasteiger charge is 2.69. The summed E-state index contributed by atoms with van der Waals surface area (Å²) in [6.07, 6.45) is 12.7. The highest BCUT2D eigenvalue weighted by molar-refractivity contribution is 5.35. The first-order valence-corrected chi connectivity index (χ1v) is 13.7. The van der Waals surface area contributed by atoms with Gasteiger partial charge in [0.15, 0.2) is 0 Å². The Morgan fingerprint density at radius 1 is 0.781 bits per heavy atom. The van der Waals surface area contributed by atoms with Crippen molar-refractivity contribution in [3.63, 3.8) is 0 Å². The fraction of sp³-hybridized carbons (Fsp3) is 0.933. The van der Waals surface area contributed by atoms with Gasteiger partial charge in [0, 0.05) is 5.92 Å². The van der Waals surface area contributed by atoms with Gasteiger partial charge in [-0.3, -0.25) is 0 Å². The van der Waals surface area contributed by atoms with Gasteiger partial charge < -0.3 is 10.2 Å². The monoisotopic (exact) mass is 442 g/mol. The van der Waals surface area contributed by atoms with Crippen molar-refractivity contribution in [3.05, 3.63) is 11.6 Å². The second kappa shape index (κ2) is 6.66. The molecule has 0 heterocycles. The summed E-state index contributed by atoms with van der Waals surface area (Å²) in [5.41, 5.74) is 2.76. The van der Waals surface area contributed by atoms with Crippen molar-refractivity contribution >= 4 is 0 Å². The minimum Gasteiger partial charge on any atom is -0.393 e. The zero-order valence-electron chi connectivity index (χ0n) is 22.2. The lowest BCUT2D eigenvalue weighted by atomic mass is 9.33. The molecule has 0 aliphatic heterocycles. The standard InChI is InChI=1S/C30H50O2/c1-25(2)13-14-27(5)15-16-29(7)19(20(27)18-25)17-21(31)24-28(6)11-10-23(32)26(3,4)22(28)9-12-30(24,29)8/h17,20-24,31-32H,9-16,18H2,1-8H3/t20-,21?,22-,23?,24+,27+,28-,29+,30+/m0/s1. The predicted molar refractivity (Wildman–Crippen MR) is 132 cm³/mol. The number of hydrogen-bond acceptors (Lipinski definition) is 2. The lowest BCUT2D eigenvalue weighted by Crippen LogP contribution is -2.67. The molecule has 9 atom stereocenters. The number of fused-ring (bicyclic) bond motifs is 7. The Bertz CT molecular complexity index is 825. The maximum atomic E-state index is 11.9. The molecule has 0 aromatic carbocycles. The van der Waals surface area contributed by atoms with Crippen LogP contribution >= 0.6 is 0 Å². The van der Waals surface area contributed by atoms with Crippen LogP contribution in [0, 0.1) is 50.2 Å². The molecule has 5 aliphatic carbocycles. The molecule has 4 saturated carbocycles. The van der Waals surface area contributed by atoms with E-state index in [1.807, 2.05) is 0 Å². The van der Waals surface area contributed by atoms with E-state index in [1.165, 1.54) is 44.9 Å². The van der Waals surface area contributed by atoms with E-state index in [4.69, 9.17) is 0 Å². The van der Waals surface area contributed by atoms with Crippen LogP contribution in [0.5, 0.6) is 0 Å². The third-order valence-corrected chi connectivity index (χ3v) is 13.0. The maximum absolute atomic E-state index is 11.9. The molecular formula is C30H50O2. The lowest BCUT2D eigenvalue weighted by molar-refractivity contribution is -0.224. The molecule has 0 aromatic heterocycles. The van der Waals surface area contributed by atoms with Gasteiger partial charge in [0.05, 0.1) is 12.2 Å². The summed E-state index contributed by atoms with van der Waals surface area (Å²) in [7, 11) is 0. The largest absolute Gasteiger partial charge is 0.393 e. The Kier molecular flexibility index (Phi) is 4.87. The molecule has 5 aliphatic rings. The average Bonchev–Trinajstić information content (AvgIpc) is 2.68. The zero-order chi connectivity index (χ0) is 23.5. The van der Waals surface area contributed by atoms with Gasteiger partial charge in [-0.15, -0.1) is 0 Å². The second-order valence-electron chi connectivity index (χ2n) is 15.4. The van der Waals surface area contributed by atoms with Crippen molar-refractivity contribution in [3.8, 4) is 0 Å². The second-order valence-corrected chi connectivity index (χ2v) is 15.4. The molecule has 0 spiro atoms. The van der Waals surface area contributed by atoms with Crippen LogP contribution in [0.15, 0.2) is 11.6 Å². The third kappa shape index (κ3) is 2.78. The minimum absolute atomic E-state index is 0.0719. The van der Waals surface area contributed by atoms with Crippen molar-refractivity contribution in [2.45, 2.75) is 125 Å². The van der Waals surface area contributed by atoms with Crippen molar-refractivity contribution in [2.75, 3.05) is 0 Å². The van der Waals surface area contributed by atoms with Crippen LogP contribution in [0.4, 0.5) is 0 Å². The molecule has 2 unspecified atom stereocenters. The van der Waals surface area contributed by atoms with E-state index < -0.39 is 0 Å². The topological polar surface area (TPSA) is 40.5 Å². The molecule has 32 heavy (non-hydrogen) atoms. The van der Waals surface area contributed by atoms with Crippen LogP contribution in [0.2, 0.25) is 0 Å². The zero-order valence-corrected chi connectivity index (χ0v) is 22.2. The van der Waals surface area contributed by atoms with E-state index >= 15 is 0 Å². The first kappa shape index (κ1) is 23.4. The smallest absolute Gasteiger partial charge is 0.0762 e. The molecule has 0 bridgehead atoms. The third-order valence-electron chi connectivity index (χ3n) is 13.0. The normalized spacial score (nSPS) is 56.2. The average molecular weight is 443 g/mol. The van der Waals surface area contributed by atoms with Gasteiger partial charge in [0.1, 0.15) is 0 Å². The number of rotatable bonds is 0. The highest BCUT2D eigenvalue weighted by Crippen LogP contribution is 2.75. The van der Waals surface area contributed by atoms with Crippen LogP contribution in [-0.2, 0) is 0 Å². The maximum Gasteiger partial charge on any atom is 0.0762 e. The first-order chi connectivity index (χ1) is 14.6. The molecule has 0 saturated heterocycles. The molecule has 2 N–H and O–H groups in total.